The number of rotatable bonds is 1. The zero-order chi connectivity index (χ0) is 8.27. The molecular formula is C8H7Br2N. The lowest BCUT2D eigenvalue weighted by molar-refractivity contribution is 1.65. The maximum atomic E-state index is 5.57. The van der Waals surface area contributed by atoms with E-state index in [0.29, 0.717) is 0 Å². The van der Waals surface area contributed by atoms with Crippen molar-refractivity contribution in [3.05, 3.63) is 33.2 Å². The minimum Gasteiger partial charge on any atom is -0.399 e. The first-order valence-electron chi connectivity index (χ1n) is 3.07. The van der Waals surface area contributed by atoms with E-state index in [1.165, 1.54) is 0 Å². The Morgan fingerprint density at radius 2 is 2.09 bits per heavy atom. The first-order valence-corrected chi connectivity index (χ1v) is 4.65. The fourth-order valence-electron chi connectivity index (χ4n) is 0.775. The molecule has 0 aliphatic heterocycles. The van der Waals surface area contributed by atoms with Gasteiger partial charge >= 0.3 is 0 Å². The summed E-state index contributed by atoms with van der Waals surface area (Å²) >= 11 is 6.55. The average Bonchev–Trinajstić information content (AvgIpc) is 1.85. The molecule has 2 N–H and O–H groups in total. The first-order chi connectivity index (χ1) is 5.18. The molecule has 0 aliphatic rings. The van der Waals surface area contributed by atoms with Gasteiger partial charge in [-0.15, -0.1) is 0 Å². The molecule has 0 atom stereocenters. The van der Waals surface area contributed by atoms with E-state index in [4.69, 9.17) is 5.73 Å². The number of hydrogen-bond donors (Lipinski definition) is 1. The van der Waals surface area contributed by atoms with E-state index in [-0.39, 0.29) is 0 Å². The van der Waals surface area contributed by atoms with Gasteiger partial charge in [-0.1, -0.05) is 12.1 Å². The van der Waals surface area contributed by atoms with Gasteiger partial charge in [-0.2, -0.15) is 0 Å². The van der Waals surface area contributed by atoms with Crippen molar-refractivity contribution in [1.82, 2.24) is 0 Å². The van der Waals surface area contributed by atoms with Gasteiger partial charge in [0.2, 0.25) is 0 Å². The third-order valence-electron chi connectivity index (χ3n) is 1.19. The van der Waals surface area contributed by atoms with Gasteiger partial charge in [0.25, 0.3) is 0 Å². The van der Waals surface area contributed by atoms with E-state index in [2.05, 4.69) is 31.9 Å². The molecule has 3 heteroatoms. The molecule has 11 heavy (non-hydrogen) atoms. The Kier molecular flexibility index (Phi) is 3.15. The van der Waals surface area contributed by atoms with Gasteiger partial charge in [0.15, 0.2) is 0 Å². The molecule has 0 bridgehead atoms. The summed E-state index contributed by atoms with van der Waals surface area (Å²) in [5, 5.41) is 0. The molecular weight excluding hydrogens is 270 g/mol. The normalized spacial score (nSPS) is 9.27. The number of benzene rings is 1. The lowest BCUT2D eigenvalue weighted by Gasteiger charge is -1.94. The Morgan fingerprint density at radius 1 is 1.36 bits per heavy atom. The van der Waals surface area contributed by atoms with Crippen molar-refractivity contribution in [3.8, 4) is 0 Å². The highest BCUT2D eigenvalue weighted by Gasteiger charge is 1.89. The van der Waals surface area contributed by atoms with E-state index in [1.807, 2.05) is 30.3 Å². The molecule has 0 amide bonds. The van der Waals surface area contributed by atoms with Crippen LogP contribution in [0.2, 0.25) is 0 Å². The van der Waals surface area contributed by atoms with Gasteiger partial charge in [0, 0.05) is 5.69 Å². The van der Waals surface area contributed by atoms with Crippen LogP contribution in [0.5, 0.6) is 0 Å². The smallest absolute Gasteiger partial charge is 0.0610 e. The zero-order valence-corrected chi connectivity index (χ0v) is 8.89. The van der Waals surface area contributed by atoms with Crippen LogP contribution in [0.3, 0.4) is 0 Å². The van der Waals surface area contributed by atoms with Crippen LogP contribution < -0.4 is 5.73 Å². The predicted molar refractivity (Wildman–Crippen MR) is 56.7 cm³/mol. The third-order valence-corrected chi connectivity index (χ3v) is 1.64. The predicted octanol–water partition coefficient (Wildman–Crippen LogP) is 3.36. The van der Waals surface area contributed by atoms with Crippen LogP contribution >= 0.6 is 31.9 Å². The quantitative estimate of drug-likeness (QED) is 0.782. The summed E-state index contributed by atoms with van der Waals surface area (Å²) < 4.78 is 0.913. The minimum absolute atomic E-state index is 0.778. The highest BCUT2D eigenvalue weighted by molar-refractivity contribution is 9.28. The summed E-state index contributed by atoms with van der Waals surface area (Å²) in [5.41, 5.74) is 7.43. The molecule has 1 aromatic rings. The summed E-state index contributed by atoms with van der Waals surface area (Å²) in [6.45, 7) is 0. The SMILES string of the molecule is Nc1cccc(C=C(Br)Br)c1. The zero-order valence-electron chi connectivity index (χ0n) is 5.72. The second-order valence-corrected chi connectivity index (χ2v) is 4.88. The second kappa shape index (κ2) is 3.93. The Labute approximate surface area is 82.5 Å². The Balaban J connectivity index is 2.97. The molecule has 1 nitrogen and oxygen atoms in total. The van der Waals surface area contributed by atoms with Crippen molar-refractivity contribution in [1.29, 1.82) is 0 Å². The van der Waals surface area contributed by atoms with Crippen molar-refractivity contribution in [3.63, 3.8) is 0 Å². The number of nitrogen functional groups attached to an aromatic ring is 1. The average molecular weight is 277 g/mol. The van der Waals surface area contributed by atoms with Crippen LogP contribution in [0, 0.1) is 0 Å². The fourth-order valence-corrected chi connectivity index (χ4v) is 1.30. The van der Waals surface area contributed by atoms with Crippen molar-refractivity contribution >= 4 is 43.6 Å². The maximum Gasteiger partial charge on any atom is 0.0610 e. The molecule has 0 fully saturated rings. The van der Waals surface area contributed by atoms with Crippen LogP contribution in [-0.2, 0) is 0 Å². The number of halogens is 2. The summed E-state index contributed by atoms with van der Waals surface area (Å²) in [7, 11) is 0. The van der Waals surface area contributed by atoms with Crippen LogP contribution in [0.1, 0.15) is 5.56 Å². The molecule has 1 aromatic carbocycles. The van der Waals surface area contributed by atoms with Gasteiger partial charge in [-0.3, -0.25) is 0 Å². The van der Waals surface area contributed by atoms with Gasteiger partial charge in [-0.05, 0) is 55.6 Å². The first kappa shape index (κ1) is 8.81. The number of nitrogens with two attached hydrogens (primary N) is 1. The summed E-state index contributed by atoms with van der Waals surface area (Å²) in [5.74, 6) is 0. The number of hydrogen-bond acceptors (Lipinski definition) is 1. The molecule has 0 aliphatic carbocycles. The summed E-state index contributed by atoms with van der Waals surface area (Å²) in [4.78, 5) is 0. The summed E-state index contributed by atoms with van der Waals surface area (Å²) in [6.07, 6.45) is 1.94. The molecule has 0 radical (unpaired) electrons. The van der Waals surface area contributed by atoms with E-state index < -0.39 is 0 Å². The van der Waals surface area contributed by atoms with Crippen molar-refractivity contribution in [2.45, 2.75) is 0 Å². The van der Waals surface area contributed by atoms with Crippen LogP contribution in [0.15, 0.2) is 27.7 Å². The third kappa shape index (κ3) is 3.08. The monoisotopic (exact) mass is 275 g/mol. The van der Waals surface area contributed by atoms with Crippen molar-refractivity contribution < 1.29 is 0 Å². The molecule has 58 valence electrons. The standard InChI is InChI=1S/C8H7Br2N/c9-8(10)5-6-2-1-3-7(11)4-6/h1-5H,11H2. The van der Waals surface area contributed by atoms with Crippen molar-refractivity contribution in [2.75, 3.05) is 5.73 Å². The molecule has 0 saturated carbocycles. The molecule has 0 aromatic heterocycles. The molecule has 1 rings (SSSR count). The topological polar surface area (TPSA) is 26.0 Å². The minimum atomic E-state index is 0.778. The second-order valence-electron chi connectivity index (χ2n) is 2.10. The van der Waals surface area contributed by atoms with Gasteiger partial charge in [0.1, 0.15) is 0 Å². The summed E-state index contributed by atoms with van der Waals surface area (Å²) in [6, 6.07) is 7.67. The van der Waals surface area contributed by atoms with Gasteiger partial charge in [-0.25, -0.2) is 0 Å². The fraction of sp³-hybridized carbons (Fsp3) is 0. The molecule has 0 unspecified atom stereocenters. The van der Waals surface area contributed by atoms with Crippen molar-refractivity contribution in [2.24, 2.45) is 0 Å². The van der Waals surface area contributed by atoms with Gasteiger partial charge in [0.05, 0.1) is 3.39 Å². The van der Waals surface area contributed by atoms with Crippen LogP contribution in [0.25, 0.3) is 6.08 Å². The molecule has 0 heterocycles. The van der Waals surface area contributed by atoms with E-state index in [9.17, 15) is 0 Å². The van der Waals surface area contributed by atoms with E-state index >= 15 is 0 Å². The maximum absolute atomic E-state index is 5.57. The van der Waals surface area contributed by atoms with E-state index in [1.54, 1.807) is 0 Å². The Hall–Kier alpha value is -0.280. The highest BCUT2D eigenvalue weighted by Crippen LogP contribution is 2.18. The Morgan fingerprint density at radius 3 is 2.64 bits per heavy atom. The molecule has 0 spiro atoms. The largest absolute Gasteiger partial charge is 0.399 e. The van der Waals surface area contributed by atoms with Gasteiger partial charge < -0.3 is 5.73 Å². The lowest BCUT2D eigenvalue weighted by atomic mass is 10.2. The molecule has 0 saturated heterocycles. The Bertz CT molecular complexity index is 277. The van der Waals surface area contributed by atoms with E-state index in [0.717, 1.165) is 14.6 Å². The van der Waals surface area contributed by atoms with Crippen LogP contribution in [-0.4, -0.2) is 0 Å². The highest BCUT2D eigenvalue weighted by atomic mass is 79.9. The number of anilines is 1. The van der Waals surface area contributed by atoms with Crippen LogP contribution in [0.4, 0.5) is 5.69 Å². The lowest BCUT2D eigenvalue weighted by Crippen LogP contribution is -1.83.